The molecule has 0 rings (SSSR count). The Balaban J connectivity index is 4.21. The van der Waals surface area contributed by atoms with Crippen LogP contribution < -0.4 is 0 Å². The lowest BCUT2D eigenvalue weighted by molar-refractivity contribution is 0.671. The smallest absolute Gasteiger partial charge is 0.0431 e. The highest BCUT2D eigenvalue weighted by Crippen LogP contribution is 2.10. The van der Waals surface area contributed by atoms with Crippen LogP contribution in [0, 0.1) is 5.92 Å². The van der Waals surface area contributed by atoms with Crippen molar-refractivity contribution in [1.29, 1.82) is 0 Å². The lowest BCUT2D eigenvalue weighted by Gasteiger charge is -2.08. The summed E-state index contributed by atoms with van der Waals surface area (Å²) in [6.07, 6.45) is 8.53. The summed E-state index contributed by atoms with van der Waals surface area (Å²) >= 11 is 0. The molecule has 0 aromatic rings. The van der Waals surface area contributed by atoms with Crippen LogP contribution in [0.15, 0.2) is 10.2 Å². The van der Waals surface area contributed by atoms with Crippen molar-refractivity contribution >= 4 is 11.4 Å². The molecule has 17 heavy (non-hydrogen) atoms. The van der Waals surface area contributed by atoms with Crippen molar-refractivity contribution in [3.8, 4) is 0 Å². The van der Waals surface area contributed by atoms with Gasteiger partial charge < -0.3 is 0 Å². The van der Waals surface area contributed by atoms with Crippen LogP contribution in [0.3, 0.4) is 0 Å². The van der Waals surface area contributed by atoms with Gasteiger partial charge in [-0.05, 0) is 32.1 Å². The quantitative estimate of drug-likeness (QED) is 0.298. The number of rotatable bonds is 9. The standard InChI is InChI=1S/C15H30N2/c1-6-8-9-10-12-15(13(3)4)17-16-14(5)11-7-2/h13H,6-12H2,1-5H3/b16-14?,17-15+. The first-order chi connectivity index (χ1) is 8.11. The van der Waals surface area contributed by atoms with Crippen LogP contribution in [-0.2, 0) is 0 Å². The van der Waals surface area contributed by atoms with Crippen LogP contribution in [0.2, 0.25) is 0 Å². The number of unbranched alkanes of at least 4 members (excludes halogenated alkanes) is 3. The van der Waals surface area contributed by atoms with Crippen LogP contribution >= 0.6 is 0 Å². The molecule has 2 heteroatoms. The third-order valence-corrected chi connectivity index (χ3v) is 2.91. The van der Waals surface area contributed by atoms with Crippen molar-refractivity contribution in [2.75, 3.05) is 0 Å². The fourth-order valence-corrected chi connectivity index (χ4v) is 1.75. The highest BCUT2D eigenvalue weighted by molar-refractivity contribution is 5.88. The maximum atomic E-state index is 4.44. The van der Waals surface area contributed by atoms with Crippen molar-refractivity contribution in [3.63, 3.8) is 0 Å². The van der Waals surface area contributed by atoms with Crippen LogP contribution in [0.1, 0.15) is 79.6 Å². The maximum Gasteiger partial charge on any atom is 0.0431 e. The van der Waals surface area contributed by atoms with E-state index >= 15 is 0 Å². The largest absolute Gasteiger partial charge is 0.160 e. The first-order valence-corrected chi connectivity index (χ1v) is 7.21. The molecule has 0 unspecified atom stereocenters. The summed E-state index contributed by atoms with van der Waals surface area (Å²) in [5, 5.41) is 8.78. The van der Waals surface area contributed by atoms with E-state index in [4.69, 9.17) is 0 Å². The summed E-state index contributed by atoms with van der Waals surface area (Å²) in [5.74, 6) is 0.523. The van der Waals surface area contributed by atoms with Gasteiger partial charge in [-0.25, -0.2) is 0 Å². The SMILES string of the molecule is CCCCCC/C(=N\N=C(C)CCC)C(C)C. The summed E-state index contributed by atoms with van der Waals surface area (Å²) in [6, 6.07) is 0. The van der Waals surface area contributed by atoms with Crippen molar-refractivity contribution in [3.05, 3.63) is 0 Å². The van der Waals surface area contributed by atoms with Gasteiger partial charge in [-0.1, -0.05) is 53.4 Å². The highest BCUT2D eigenvalue weighted by Gasteiger charge is 2.05. The first-order valence-electron chi connectivity index (χ1n) is 7.21. The predicted octanol–water partition coefficient (Wildman–Crippen LogP) is 5.23. The Bertz CT molecular complexity index is 239. The molecule has 0 aliphatic heterocycles. The second-order valence-electron chi connectivity index (χ2n) is 5.14. The van der Waals surface area contributed by atoms with E-state index in [0.29, 0.717) is 5.92 Å². The first kappa shape index (κ1) is 16.3. The van der Waals surface area contributed by atoms with Crippen molar-refractivity contribution in [2.24, 2.45) is 16.1 Å². The molecular weight excluding hydrogens is 208 g/mol. The zero-order valence-electron chi connectivity index (χ0n) is 12.4. The summed E-state index contributed by atoms with van der Waals surface area (Å²) in [7, 11) is 0. The lowest BCUT2D eigenvalue weighted by Crippen LogP contribution is -2.07. The van der Waals surface area contributed by atoms with Gasteiger partial charge in [0.2, 0.25) is 0 Å². The van der Waals surface area contributed by atoms with Gasteiger partial charge in [0.05, 0.1) is 0 Å². The van der Waals surface area contributed by atoms with Crippen LogP contribution in [-0.4, -0.2) is 11.4 Å². The van der Waals surface area contributed by atoms with Gasteiger partial charge in [0.25, 0.3) is 0 Å². The summed E-state index contributed by atoms with van der Waals surface area (Å²) in [4.78, 5) is 0. The topological polar surface area (TPSA) is 24.7 Å². The van der Waals surface area contributed by atoms with E-state index in [1.165, 1.54) is 31.4 Å². The average Bonchev–Trinajstić information content (AvgIpc) is 2.28. The van der Waals surface area contributed by atoms with Crippen molar-refractivity contribution < 1.29 is 0 Å². The van der Waals surface area contributed by atoms with Gasteiger partial charge in [0.1, 0.15) is 0 Å². The molecule has 0 N–H and O–H groups in total. The predicted molar refractivity (Wildman–Crippen MR) is 79.0 cm³/mol. The van der Waals surface area contributed by atoms with E-state index in [1.807, 2.05) is 0 Å². The Morgan fingerprint density at radius 1 is 0.882 bits per heavy atom. The molecule has 0 saturated heterocycles. The fourth-order valence-electron chi connectivity index (χ4n) is 1.75. The van der Waals surface area contributed by atoms with E-state index in [-0.39, 0.29) is 0 Å². The molecule has 0 spiro atoms. The molecular formula is C15H30N2. The monoisotopic (exact) mass is 238 g/mol. The molecule has 0 heterocycles. The Morgan fingerprint density at radius 2 is 1.59 bits per heavy atom. The van der Waals surface area contributed by atoms with Gasteiger partial charge in [0, 0.05) is 11.4 Å². The number of hydrogen-bond donors (Lipinski definition) is 0. The normalized spacial score (nSPS) is 13.5. The Kier molecular flexibility index (Phi) is 10.1. The third kappa shape index (κ3) is 9.08. The van der Waals surface area contributed by atoms with Gasteiger partial charge in [-0.3, -0.25) is 0 Å². The fraction of sp³-hybridized carbons (Fsp3) is 0.867. The van der Waals surface area contributed by atoms with Crippen LogP contribution in [0.4, 0.5) is 0 Å². The minimum atomic E-state index is 0.523. The molecule has 0 fully saturated rings. The molecule has 0 bridgehead atoms. The second-order valence-corrected chi connectivity index (χ2v) is 5.14. The maximum absolute atomic E-state index is 4.44. The zero-order chi connectivity index (χ0) is 13.1. The van der Waals surface area contributed by atoms with Crippen LogP contribution in [0.25, 0.3) is 0 Å². The van der Waals surface area contributed by atoms with E-state index in [0.717, 1.165) is 25.0 Å². The number of nitrogens with zero attached hydrogens (tertiary/aromatic N) is 2. The zero-order valence-corrected chi connectivity index (χ0v) is 12.4. The van der Waals surface area contributed by atoms with Gasteiger partial charge in [-0.15, -0.1) is 0 Å². The summed E-state index contributed by atoms with van der Waals surface area (Å²) < 4.78 is 0. The van der Waals surface area contributed by atoms with Crippen LogP contribution in [0.5, 0.6) is 0 Å². The van der Waals surface area contributed by atoms with Gasteiger partial charge in [0.15, 0.2) is 0 Å². The molecule has 0 aromatic carbocycles. The van der Waals surface area contributed by atoms with E-state index in [1.54, 1.807) is 0 Å². The van der Waals surface area contributed by atoms with E-state index < -0.39 is 0 Å². The van der Waals surface area contributed by atoms with Gasteiger partial charge in [-0.2, -0.15) is 10.2 Å². The molecule has 0 saturated carbocycles. The molecule has 0 amide bonds. The van der Waals surface area contributed by atoms with E-state index in [2.05, 4.69) is 44.8 Å². The molecule has 100 valence electrons. The Hall–Kier alpha value is -0.660. The molecule has 0 aliphatic rings. The Labute approximate surface area is 108 Å². The third-order valence-electron chi connectivity index (χ3n) is 2.91. The minimum Gasteiger partial charge on any atom is -0.160 e. The average molecular weight is 238 g/mol. The van der Waals surface area contributed by atoms with Gasteiger partial charge >= 0.3 is 0 Å². The Morgan fingerprint density at radius 3 is 2.12 bits per heavy atom. The molecule has 0 atom stereocenters. The molecule has 0 aromatic heterocycles. The minimum absolute atomic E-state index is 0.523. The summed E-state index contributed by atoms with van der Waals surface area (Å²) in [5.41, 5.74) is 2.41. The molecule has 0 aliphatic carbocycles. The van der Waals surface area contributed by atoms with E-state index in [9.17, 15) is 0 Å². The number of hydrogen-bond acceptors (Lipinski definition) is 2. The lowest BCUT2D eigenvalue weighted by atomic mass is 10.0. The summed E-state index contributed by atoms with van der Waals surface area (Å²) in [6.45, 7) is 10.9. The second kappa shape index (κ2) is 10.5. The van der Waals surface area contributed by atoms with Crippen molar-refractivity contribution in [2.45, 2.75) is 79.6 Å². The molecule has 0 radical (unpaired) electrons. The highest BCUT2D eigenvalue weighted by atomic mass is 15.2. The molecule has 2 nitrogen and oxygen atoms in total. The van der Waals surface area contributed by atoms with Crippen molar-refractivity contribution in [1.82, 2.24) is 0 Å².